The average molecular weight is 318 g/mol. The van der Waals surface area contributed by atoms with Gasteiger partial charge in [0.05, 0.1) is 0 Å². The summed E-state index contributed by atoms with van der Waals surface area (Å²) in [5.74, 6) is -0.0372. The molecule has 0 aliphatic heterocycles. The van der Waals surface area contributed by atoms with E-state index in [9.17, 15) is 4.79 Å². The Hall–Kier alpha value is -1.77. The molecular weight excluding hydrogens is 305 g/mol. The molecule has 0 saturated heterocycles. The average Bonchev–Trinajstić information content (AvgIpc) is 2.78. The first-order valence-electron chi connectivity index (χ1n) is 6.53. The van der Waals surface area contributed by atoms with E-state index in [-0.39, 0.29) is 5.78 Å². The third-order valence-electron chi connectivity index (χ3n) is 3.63. The van der Waals surface area contributed by atoms with Crippen LogP contribution in [0.5, 0.6) is 0 Å². The number of benzene rings is 2. The van der Waals surface area contributed by atoms with E-state index in [1.807, 2.05) is 42.9 Å². The van der Waals surface area contributed by atoms with Crippen LogP contribution < -0.4 is 0 Å². The lowest BCUT2D eigenvalue weighted by atomic mass is 10.0. The SMILES string of the molecule is Cc1ccc(C(=O)c2cn(C)c3cc(Cl)ccc23)cc1Cl. The number of nitrogens with zero attached hydrogens (tertiary/aromatic N) is 1. The van der Waals surface area contributed by atoms with Crippen LogP contribution in [0.2, 0.25) is 10.0 Å². The molecule has 0 atom stereocenters. The molecule has 0 saturated carbocycles. The first kappa shape index (κ1) is 14.2. The lowest BCUT2D eigenvalue weighted by Gasteiger charge is -2.03. The molecule has 0 N–H and O–H groups in total. The van der Waals surface area contributed by atoms with Crippen molar-refractivity contribution in [1.29, 1.82) is 0 Å². The summed E-state index contributed by atoms with van der Waals surface area (Å²) >= 11 is 12.1. The zero-order valence-corrected chi connectivity index (χ0v) is 13.2. The molecule has 2 aromatic carbocycles. The summed E-state index contributed by atoms with van der Waals surface area (Å²) in [4.78, 5) is 12.7. The third kappa shape index (κ3) is 2.45. The zero-order chi connectivity index (χ0) is 15.1. The Morgan fingerprint density at radius 2 is 1.86 bits per heavy atom. The number of hydrogen-bond acceptors (Lipinski definition) is 1. The molecule has 21 heavy (non-hydrogen) atoms. The van der Waals surface area contributed by atoms with Crippen LogP contribution in [0.3, 0.4) is 0 Å². The summed E-state index contributed by atoms with van der Waals surface area (Å²) in [6.07, 6.45) is 1.83. The van der Waals surface area contributed by atoms with Gasteiger partial charge in [-0.25, -0.2) is 0 Å². The number of hydrogen-bond donors (Lipinski definition) is 0. The Labute approximate surface area is 132 Å². The van der Waals surface area contributed by atoms with Crippen LogP contribution in [-0.4, -0.2) is 10.4 Å². The molecule has 106 valence electrons. The molecule has 3 aromatic rings. The van der Waals surface area contributed by atoms with E-state index in [0.717, 1.165) is 16.5 Å². The van der Waals surface area contributed by atoms with Crippen LogP contribution in [0.25, 0.3) is 10.9 Å². The Kier molecular flexibility index (Phi) is 3.52. The highest BCUT2D eigenvalue weighted by Gasteiger charge is 2.16. The van der Waals surface area contributed by atoms with Crippen molar-refractivity contribution in [3.63, 3.8) is 0 Å². The van der Waals surface area contributed by atoms with Crippen molar-refractivity contribution >= 4 is 39.9 Å². The van der Waals surface area contributed by atoms with Gasteiger partial charge in [0.25, 0.3) is 0 Å². The fourth-order valence-corrected chi connectivity index (χ4v) is 2.77. The van der Waals surface area contributed by atoms with Gasteiger partial charge in [0.15, 0.2) is 5.78 Å². The summed E-state index contributed by atoms with van der Waals surface area (Å²) in [5, 5.41) is 2.15. The zero-order valence-electron chi connectivity index (χ0n) is 11.7. The van der Waals surface area contributed by atoms with Crippen molar-refractivity contribution in [2.24, 2.45) is 7.05 Å². The summed E-state index contributed by atoms with van der Waals surface area (Å²) in [5.41, 5.74) is 3.14. The molecular formula is C17H13Cl2NO. The number of rotatable bonds is 2. The minimum Gasteiger partial charge on any atom is -0.350 e. The molecule has 1 aromatic heterocycles. The van der Waals surface area contributed by atoms with E-state index in [0.29, 0.717) is 21.2 Å². The summed E-state index contributed by atoms with van der Waals surface area (Å²) < 4.78 is 1.91. The number of carbonyl (C=O) groups excluding carboxylic acids is 1. The summed E-state index contributed by atoms with van der Waals surface area (Å²) in [6, 6.07) is 10.9. The Balaban J connectivity index is 2.15. The van der Waals surface area contributed by atoms with E-state index in [1.165, 1.54) is 0 Å². The largest absolute Gasteiger partial charge is 0.350 e. The predicted molar refractivity (Wildman–Crippen MR) is 87.6 cm³/mol. The van der Waals surface area contributed by atoms with Gasteiger partial charge >= 0.3 is 0 Å². The van der Waals surface area contributed by atoms with Crippen LogP contribution >= 0.6 is 23.2 Å². The van der Waals surface area contributed by atoms with Crippen molar-refractivity contribution in [1.82, 2.24) is 4.57 Å². The maximum Gasteiger partial charge on any atom is 0.195 e. The second-order valence-electron chi connectivity index (χ2n) is 5.11. The highest BCUT2D eigenvalue weighted by atomic mass is 35.5. The van der Waals surface area contributed by atoms with Gasteiger partial charge in [0, 0.05) is 45.3 Å². The normalized spacial score (nSPS) is 11.0. The van der Waals surface area contributed by atoms with E-state index >= 15 is 0 Å². The maximum atomic E-state index is 12.7. The first-order chi connectivity index (χ1) is 9.97. The Bertz CT molecular complexity index is 865. The number of aromatic nitrogens is 1. The van der Waals surface area contributed by atoms with Gasteiger partial charge in [-0.15, -0.1) is 0 Å². The molecule has 2 nitrogen and oxygen atoms in total. The van der Waals surface area contributed by atoms with Crippen molar-refractivity contribution in [2.45, 2.75) is 6.92 Å². The lowest BCUT2D eigenvalue weighted by Crippen LogP contribution is -2.00. The summed E-state index contributed by atoms with van der Waals surface area (Å²) in [6.45, 7) is 1.91. The highest BCUT2D eigenvalue weighted by Crippen LogP contribution is 2.27. The van der Waals surface area contributed by atoms with Crippen LogP contribution in [0.4, 0.5) is 0 Å². The number of halogens is 2. The topological polar surface area (TPSA) is 22.0 Å². The Morgan fingerprint density at radius 3 is 2.57 bits per heavy atom. The van der Waals surface area contributed by atoms with Crippen LogP contribution in [0.1, 0.15) is 21.5 Å². The van der Waals surface area contributed by atoms with Crippen molar-refractivity contribution in [3.8, 4) is 0 Å². The molecule has 0 aliphatic rings. The smallest absolute Gasteiger partial charge is 0.195 e. The van der Waals surface area contributed by atoms with Crippen molar-refractivity contribution < 1.29 is 4.79 Å². The van der Waals surface area contributed by atoms with Gasteiger partial charge in [-0.05, 0) is 30.7 Å². The van der Waals surface area contributed by atoms with Crippen LogP contribution in [0, 0.1) is 6.92 Å². The van der Waals surface area contributed by atoms with E-state index in [2.05, 4.69) is 0 Å². The van der Waals surface area contributed by atoms with Gasteiger partial charge in [-0.2, -0.15) is 0 Å². The van der Waals surface area contributed by atoms with Crippen LogP contribution in [-0.2, 0) is 7.05 Å². The number of ketones is 1. The molecule has 0 radical (unpaired) electrons. The number of carbonyl (C=O) groups is 1. The third-order valence-corrected chi connectivity index (χ3v) is 4.27. The standard InChI is InChI=1S/C17H13Cl2NO/c1-10-3-4-11(7-15(10)19)17(21)14-9-20(2)16-8-12(18)5-6-13(14)16/h3-9H,1-2H3. The lowest BCUT2D eigenvalue weighted by molar-refractivity contribution is 0.104. The fourth-order valence-electron chi connectivity index (χ4n) is 2.43. The number of aryl methyl sites for hydroxylation is 2. The van der Waals surface area contributed by atoms with Crippen molar-refractivity contribution in [3.05, 3.63) is 69.3 Å². The maximum absolute atomic E-state index is 12.7. The van der Waals surface area contributed by atoms with Gasteiger partial charge in [0.1, 0.15) is 0 Å². The van der Waals surface area contributed by atoms with Gasteiger partial charge in [-0.3, -0.25) is 4.79 Å². The number of fused-ring (bicyclic) bond motifs is 1. The molecule has 1 heterocycles. The second kappa shape index (κ2) is 5.21. The highest BCUT2D eigenvalue weighted by molar-refractivity contribution is 6.32. The fraction of sp³-hybridized carbons (Fsp3) is 0.118. The van der Waals surface area contributed by atoms with Gasteiger partial charge < -0.3 is 4.57 Å². The van der Waals surface area contributed by atoms with E-state index in [1.54, 1.807) is 18.2 Å². The first-order valence-corrected chi connectivity index (χ1v) is 7.28. The monoisotopic (exact) mass is 317 g/mol. The van der Waals surface area contributed by atoms with Crippen LogP contribution in [0.15, 0.2) is 42.6 Å². The molecule has 0 spiro atoms. The van der Waals surface area contributed by atoms with Gasteiger partial charge in [0.2, 0.25) is 0 Å². The molecule has 0 bridgehead atoms. The molecule has 3 rings (SSSR count). The molecule has 0 aliphatic carbocycles. The molecule has 0 fully saturated rings. The minimum atomic E-state index is -0.0372. The summed E-state index contributed by atoms with van der Waals surface area (Å²) in [7, 11) is 1.90. The van der Waals surface area contributed by atoms with Crippen molar-refractivity contribution in [2.75, 3.05) is 0 Å². The molecule has 0 unspecified atom stereocenters. The van der Waals surface area contributed by atoms with Gasteiger partial charge in [-0.1, -0.05) is 41.4 Å². The Morgan fingerprint density at radius 1 is 1.10 bits per heavy atom. The quantitative estimate of drug-likeness (QED) is 0.608. The second-order valence-corrected chi connectivity index (χ2v) is 5.95. The van der Waals surface area contributed by atoms with E-state index < -0.39 is 0 Å². The molecule has 4 heteroatoms. The van der Waals surface area contributed by atoms with E-state index in [4.69, 9.17) is 23.2 Å². The predicted octanol–water partition coefficient (Wildman–Crippen LogP) is 5.02. The minimum absolute atomic E-state index is 0.0372. The molecule has 0 amide bonds.